The summed E-state index contributed by atoms with van der Waals surface area (Å²) in [5.41, 5.74) is 2.78. The highest BCUT2D eigenvalue weighted by Gasteiger charge is 2.48. The SMILES string of the molecule is Cc1cccc(C)c1NC(=O)C1CC1C(=O)O. The number of benzene rings is 1. The van der Waals surface area contributed by atoms with Gasteiger partial charge >= 0.3 is 5.97 Å². The Balaban J connectivity index is 2.07. The number of hydrogen-bond donors (Lipinski definition) is 2. The molecule has 1 saturated carbocycles. The van der Waals surface area contributed by atoms with Gasteiger partial charge in [-0.25, -0.2) is 0 Å². The van der Waals surface area contributed by atoms with E-state index in [2.05, 4.69) is 5.32 Å². The highest BCUT2D eigenvalue weighted by atomic mass is 16.4. The second kappa shape index (κ2) is 4.20. The van der Waals surface area contributed by atoms with Crippen molar-refractivity contribution in [1.29, 1.82) is 0 Å². The summed E-state index contributed by atoms with van der Waals surface area (Å²) < 4.78 is 0. The first-order valence-corrected chi connectivity index (χ1v) is 5.60. The number of carboxylic acids is 1. The van der Waals surface area contributed by atoms with Crippen molar-refractivity contribution in [2.75, 3.05) is 5.32 Å². The van der Waals surface area contributed by atoms with Crippen LogP contribution in [0.4, 0.5) is 5.69 Å². The Hall–Kier alpha value is -1.84. The number of carboxylic acid groups (broad SMARTS) is 1. The zero-order chi connectivity index (χ0) is 12.6. The lowest BCUT2D eigenvalue weighted by molar-refractivity contribution is -0.139. The van der Waals surface area contributed by atoms with Gasteiger partial charge in [0, 0.05) is 5.69 Å². The zero-order valence-electron chi connectivity index (χ0n) is 9.86. The molecule has 0 spiro atoms. The number of anilines is 1. The molecule has 17 heavy (non-hydrogen) atoms. The molecule has 1 aliphatic carbocycles. The Morgan fingerprint density at radius 3 is 2.29 bits per heavy atom. The predicted octanol–water partition coefficient (Wildman–Crippen LogP) is 1.96. The van der Waals surface area contributed by atoms with Gasteiger partial charge in [0.25, 0.3) is 0 Å². The van der Waals surface area contributed by atoms with Crippen molar-refractivity contribution in [3.63, 3.8) is 0 Å². The smallest absolute Gasteiger partial charge is 0.307 e. The molecule has 2 N–H and O–H groups in total. The van der Waals surface area contributed by atoms with Crippen LogP contribution in [0.1, 0.15) is 17.5 Å². The molecular weight excluding hydrogens is 218 g/mol. The minimum absolute atomic E-state index is 0.185. The molecule has 90 valence electrons. The number of amides is 1. The minimum Gasteiger partial charge on any atom is -0.481 e. The largest absolute Gasteiger partial charge is 0.481 e. The number of para-hydroxylation sites is 1. The first kappa shape index (κ1) is 11.6. The van der Waals surface area contributed by atoms with Crippen molar-refractivity contribution >= 4 is 17.6 Å². The zero-order valence-corrected chi connectivity index (χ0v) is 9.86. The lowest BCUT2D eigenvalue weighted by Crippen LogP contribution is -2.18. The Kier molecular flexibility index (Phi) is 2.88. The summed E-state index contributed by atoms with van der Waals surface area (Å²) in [6.07, 6.45) is 0.450. The topological polar surface area (TPSA) is 66.4 Å². The molecule has 4 heteroatoms. The molecular formula is C13H15NO3. The van der Waals surface area contributed by atoms with Crippen molar-refractivity contribution in [1.82, 2.24) is 0 Å². The third-order valence-corrected chi connectivity index (χ3v) is 3.17. The van der Waals surface area contributed by atoms with E-state index in [0.717, 1.165) is 16.8 Å². The van der Waals surface area contributed by atoms with Gasteiger partial charge < -0.3 is 10.4 Å². The summed E-state index contributed by atoms with van der Waals surface area (Å²) in [6.45, 7) is 3.84. The maximum atomic E-state index is 11.8. The second-order valence-corrected chi connectivity index (χ2v) is 4.54. The average molecular weight is 233 g/mol. The maximum Gasteiger partial charge on any atom is 0.307 e. The van der Waals surface area contributed by atoms with E-state index in [9.17, 15) is 9.59 Å². The third-order valence-electron chi connectivity index (χ3n) is 3.17. The lowest BCUT2D eigenvalue weighted by atomic mass is 10.1. The Morgan fingerprint density at radius 1 is 1.24 bits per heavy atom. The van der Waals surface area contributed by atoms with Crippen LogP contribution in [0.2, 0.25) is 0 Å². The molecule has 1 aromatic carbocycles. The lowest BCUT2D eigenvalue weighted by Gasteiger charge is -2.10. The van der Waals surface area contributed by atoms with Crippen LogP contribution in [0.25, 0.3) is 0 Å². The van der Waals surface area contributed by atoms with Gasteiger partial charge in [-0.05, 0) is 31.4 Å². The normalized spacial score (nSPS) is 22.0. The summed E-state index contributed by atoms with van der Waals surface area (Å²) in [7, 11) is 0. The second-order valence-electron chi connectivity index (χ2n) is 4.54. The van der Waals surface area contributed by atoms with Gasteiger partial charge in [0.05, 0.1) is 11.8 Å². The summed E-state index contributed by atoms with van der Waals surface area (Å²) in [6, 6.07) is 5.77. The van der Waals surface area contributed by atoms with E-state index in [4.69, 9.17) is 5.11 Å². The van der Waals surface area contributed by atoms with Crippen molar-refractivity contribution in [2.45, 2.75) is 20.3 Å². The first-order chi connectivity index (χ1) is 8.00. The molecule has 2 rings (SSSR count). The van der Waals surface area contributed by atoms with E-state index in [1.54, 1.807) is 0 Å². The molecule has 1 amide bonds. The highest BCUT2D eigenvalue weighted by molar-refractivity contribution is 5.99. The number of carbonyl (C=O) groups excluding carboxylic acids is 1. The quantitative estimate of drug-likeness (QED) is 0.838. The van der Waals surface area contributed by atoms with E-state index in [1.807, 2.05) is 32.0 Å². The summed E-state index contributed by atoms with van der Waals surface area (Å²) >= 11 is 0. The van der Waals surface area contributed by atoms with Crippen molar-refractivity contribution in [2.24, 2.45) is 11.8 Å². The van der Waals surface area contributed by atoms with Crippen molar-refractivity contribution < 1.29 is 14.7 Å². The van der Waals surface area contributed by atoms with Crippen LogP contribution in [-0.4, -0.2) is 17.0 Å². The molecule has 0 aromatic heterocycles. The molecule has 1 aliphatic rings. The van der Waals surface area contributed by atoms with E-state index < -0.39 is 11.9 Å². The fraction of sp³-hybridized carbons (Fsp3) is 0.385. The van der Waals surface area contributed by atoms with Crippen LogP contribution in [0, 0.1) is 25.7 Å². The number of aliphatic carboxylic acids is 1. The summed E-state index contributed by atoms with van der Waals surface area (Å²) in [5, 5.41) is 11.6. The number of hydrogen-bond acceptors (Lipinski definition) is 2. The number of aryl methyl sites for hydroxylation is 2. The van der Waals surface area contributed by atoms with Gasteiger partial charge in [0.2, 0.25) is 5.91 Å². The van der Waals surface area contributed by atoms with Crippen molar-refractivity contribution in [3.8, 4) is 0 Å². The van der Waals surface area contributed by atoms with E-state index in [0.29, 0.717) is 6.42 Å². The fourth-order valence-electron chi connectivity index (χ4n) is 1.99. The van der Waals surface area contributed by atoms with Crippen molar-refractivity contribution in [3.05, 3.63) is 29.3 Å². The monoisotopic (exact) mass is 233 g/mol. The van der Waals surface area contributed by atoms with Gasteiger partial charge in [0.15, 0.2) is 0 Å². The Bertz CT molecular complexity index is 461. The Labute approximate surface area is 99.6 Å². The standard InChI is InChI=1S/C13H15NO3/c1-7-4-3-5-8(2)11(7)14-12(15)9-6-10(9)13(16)17/h3-5,9-10H,6H2,1-2H3,(H,14,15)(H,16,17). The van der Waals surface area contributed by atoms with Crippen LogP contribution in [-0.2, 0) is 9.59 Å². The van der Waals surface area contributed by atoms with E-state index >= 15 is 0 Å². The number of nitrogens with one attached hydrogen (secondary N) is 1. The molecule has 0 saturated heterocycles. The summed E-state index contributed by atoms with van der Waals surface area (Å²) in [5.74, 6) is -1.94. The molecule has 0 heterocycles. The number of carbonyl (C=O) groups is 2. The van der Waals surface area contributed by atoms with Gasteiger partial charge in [-0.15, -0.1) is 0 Å². The molecule has 1 fully saturated rings. The van der Waals surface area contributed by atoms with Crippen LogP contribution in [0.3, 0.4) is 0 Å². The van der Waals surface area contributed by atoms with Gasteiger partial charge in [-0.1, -0.05) is 18.2 Å². The third kappa shape index (κ3) is 2.30. The maximum absolute atomic E-state index is 11.8. The fourth-order valence-corrected chi connectivity index (χ4v) is 1.99. The molecule has 4 nitrogen and oxygen atoms in total. The molecule has 2 unspecified atom stereocenters. The minimum atomic E-state index is -0.883. The molecule has 0 aliphatic heterocycles. The average Bonchev–Trinajstić information content (AvgIpc) is 3.03. The molecule has 1 aromatic rings. The van der Waals surface area contributed by atoms with E-state index in [1.165, 1.54) is 0 Å². The van der Waals surface area contributed by atoms with Crippen LogP contribution < -0.4 is 5.32 Å². The van der Waals surface area contributed by atoms with Gasteiger partial charge in [0.1, 0.15) is 0 Å². The van der Waals surface area contributed by atoms with Crippen LogP contribution in [0.5, 0.6) is 0 Å². The first-order valence-electron chi connectivity index (χ1n) is 5.60. The number of rotatable bonds is 3. The highest BCUT2D eigenvalue weighted by Crippen LogP contribution is 2.39. The molecule has 0 radical (unpaired) electrons. The summed E-state index contributed by atoms with van der Waals surface area (Å²) in [4.78, 5) is 22.5. The van der Waals surface area contributed by atoms with Gasteiger partial charge in [-0.3, -0.25) is 9.59 Å². The predicted molar refractivity (Wildman–Crippen MR) is 63.8 cm³/mol. The van der Waals surface area contributed by atoms with Crippen LogP contribution >= 0.6 is 0 Å². The Morgan fingerprint density at radius 2 is 1.82 bits per heavy atom. The molecule has 0 bridgehead atoms. The van der Waals surface area contributed by atoms with Crippen LogP contribution in [0.15, 0.2) is 18.2 Å². The van der Waals surface area contributed by atoms with E-state index in [-0.39, 0.29) is 11.8 Å². The van der Waals surface area contributed by atoms with Gasteiger partial charge in [-0.2, -0.15) is 0 Å². The molecule has 2 atom stereocenters.